The number of methoxy groups -OCH3 is 1. The van der Waals surface area contributed by atoms with Crippen molar-refractivity contribution in [3.05, 3.63) is 70.4 Å². The summed E-state index contributed by atoms with van der Waals surface area (Å²) in [5.74, 6) is -1.45. The molecular weight excluding hydrogens is 513 g/mol. The number of fused-ring (bicyclic) bond motifs is 1. The zero-order valence-corrected chi connectivity index (χ0v) is 23.0. The van der Waals surface area contributed by atoms with Gasteiger partial charge in [0.1, 0.15) is 5.82 Å². The van der Waals surface area contributed by atoms with Gasteiger partial charge in [-0.15, -0.1) is 0 Å². The number of hydrogen-bond acceptors (Lipinski definition) is 7. The van der Waals surface area contributed by atoms with E-state index < -0.39 is 20.5 Å². The molecule has 1 heterocycles. The van der Waals surface area contributed by atoms with Gasteiger partial charge >= 0.3 is 0 Å². The molecule has 2 aromatic carbocycles. The highest BCUT2D eigenvalue weighted by molar-refractivity contribution is 7.92. The van der Waals surface area contributed by atoms with Crippen LogP contribution in [0.1, 0.15) is 32.8 Å². The number of carbonyl (C=O) groups excluding carboxylic acids is 1. The van der Waals surface area contributed by atoms with Crippen molar-refractivity contribution in [3.8, 4) is 11.1 Å². The fourth-order valence-electron chi connectivity index (χ4n) is 4.03. The lowest BCUT2D eigenvalue weighted by Crippen LogP contribution is -2.49. The number of nitrogens with zero attached hydrogens (tertiary/aromatic N) is 1. The van der Waals surface area contributed by atoms with E-state index in [1.54, 1.807) is 37.4 Å². The fraction of sp³-hybridized carbons (Fsp3) is 0.407. The first-order valence-electron chi connectivity index (χ1n) is 12.0. The Morgan fingerprint density at radius 3 is 2.45 bits per heavy atom. The third-order valence-corrected chi connectivity index (χ3v) is 9.01. The van der Waals surface area contributed by atoms with Gasteiger partial charge in [-0.25, -0.2) is 18.3 Å². The number of nitrogens with one attached hydrogen (secondary N) is 2. The van der Waals surface area contributed by atoms with Gasteiger partial charge in [0.15, 0.2) is 14.6 Å². The molecule has 9 nitrogen and oxygen atoms in total. The van der Waals surface area contributed by atoms with E-state index in [9.17, 15) is 22.4 Å². The summed E-state index contributed by atoms with van der Waals surface area (Å²) >= 11 is 0. The van der Waals surface area contributed by atoms with Gasteiger partial charge < -0.3 is 14.6 Å². The molecule has 1 amide bonds. The summed E-state index contributed by atoms with van der Waals surface area (Å²) in [6, 6.07) is 11.7. The Hall–Kier alpha value is -3.12. The van der Waals surface area contributed by atoms with Crippen LogP contribution in [-0.4, -0.2) is 54.4 Å². The summed E-state index contributed by atoms with van der Waals surface area (Å²) in [6.07, 6.45) is 2.18. The molecule has 0 fully saturated rings. The van der Waals surface area contributed by atoms with Crippen LogP contribution in [0.15, 0.2) is 53.5 Å². The molecule has 0 saturated carbocycles. The minimum atomic E-state index is -3.89. The average molecular weight is 548 g/mol. The summed E-state index contributed by atoms with van der Waals surface area (Å²) in [5.41, 5.74) is 2.48. The van der Waals surface area contributed by atoms with Crippen molar-refractivity contribution in [2.75, 3.05) is 19.9 Å². The van der Waals surface area contributed by atoms with Gasteiger partial charge in [0.05, 0.1) is 5.60 Å². The van der Waals surface area contributed by atoms with Crippen LogP contribution in [0.25, 0.3) is 21.9 Å². The Labute approximate surface area is 221 Å². The first kappa shape index (κ1) is 29.4. The Bertz CT molecular complexity index is 1500. The number of sulfone groups is 1. The van der Waals surface area contributed by atoms with Crippen molar-refractivity contribution in [2.24, 2.45) is 0 Å². The number of rotatable bonds is 11. The van der Waals surface area contributed by atoms with E-state index in [0.717, 1.165) is 11.8 Å². The number of amides is 1. The number of halogens is 1. The van der Waals surface area contributed by atoms with E-state index in [1.165, 1.54) is 29.2 Å². The SMILES string of the molecule is COC(C)(C)CNCc1ccc(-c2ccc3c(=O)n(CCC(C)(C(=O)NO)S(C)(=O)=O)ccc3c2)c(F)c1. The standard InChI is InChI=1S/C27H34FN3O6S/c1-26(2,37-4)17-29-16-18-6-8-21(23(28)14-18)19-7-9-22-20(15-19)10-12-31(24(22)32)13-11-27(3,25(33)30-34)38(5,35)36/h6-10,12,14-15,29,34H,11,13,16-17H2,1-5H3,(H,30,33). The maximum absolute atomic E-state index is 15.0. The number of aromatic nitrogens is 1. The molecule has 0 spiro atoms. The summed E-state index contributed by atoms with van der Waals surface area (Å²) in [5, 5.41) is 13.2. The number of aryl methyl sites for hydroxylation is 1. The number of pyridine rings is 1. The molecule has 11 heteroatoms. The summed E-state index contributed by atoms with van der Waals surface area (Å²) in [4.78, 5) is 25.1. The number of ether oxygens (including phenoxy) is 1. The molecule has 0 aliphatic carbocycles. The average Bonchev–Trinajstić information content (AvgIpc) is 2.86. The molecule has 0 aliphatic heterocycles. The van der Waals surface area contributed by atoms with Gasteiger partial charge in [-0.3, -0.25) is 14.8 Å². The lowest BCUT2D eigenvalue weighted by Gasteiger charge is -2.25. The molecule has 1 unspecified atom stereocenters. The van der Waals surface area contributed by atoms with E-state index in [4.69, 9.17) is 9.94 Å². The van der Waals surface area contributed by atoms with Crippen LogP contribution in [0.3, 0.4) is 0 Å². The molecule has 1 atom stereocenters. The second kappa shape index (κ2) is 11.3. The summed E-state index contributed by atoms with van der Waals surface area (Å²) < 4.78 is 44.2. The smallest absolute Gasteiger partial charge is 0.264 e. The van der Waals surface area contributed by atoms with Crippen LogP contribution in [-0.2, 0) is 32.5 Å². The number of benzene rings is 2. The van der Waals surface area contributed by atoms with Crippen LogP contribution in [0, 0.1) is 5.82 Å². The van der Waals surface area contributed by atoms with Crippen LogP contribution in [0.4, 0.5) is 4.39 Å². The van der Waals surface area contributed by atoms with E-state index in [1.807, 2.05) is 19.9 Å². The van der Waals surface area contributed by atoms with Crippen LogP contribution < -0.4 is 16.4 Å². The van der Waals surface area contributed by atoms with Gasteiger partial charge in [0, 0.05) is 50.1 Å². The first-order chi connectivity index (χ1) is 17.7. The van der Waals surface area contributed by atoms with Gasteiger partial charge in [-0.05, 0) is 68.0 Å². The molecular formula is C27H34FN3O6S. The molecule has 0 radical (unpaired) electrons. The number of hydrogen-bond donors (Lipinski definition) is 3. The minimum absolute atomic E-state index is 0.0702. The highest BCUT2D eigenvalue weighted by Gasteiger charge is 2.43. The van der Waals surface area contributed by atoms with E-state index >= 15 is 0 Å². The third-order valence-electron chi connectivity index (χ3n) is 6.98. The van der Waals surface area contributed by atoms with Crippen LogP contribution >= 0.6 is 0 Å². The van der Waals surface area contributed by atoms with Crippen molar-refractivity contribution in [1.82, 2.24) is 15.4 Å². The first-order valence-corrected chi connectivity index (χ1v) is 13.9. The second-order valence-electron chi connectivity index (χ2n) is 10.2. The molecule has 0 aliphatic rings. The van der Waals surface area contributed by atoms with Gasteiger partial charge in [0.25, 0.3) is 11.5 Å². The number of hydroxylamine groups is 1. The van der Waals surface area contributed by atoms with Crippen LogP contribution in [0.2, 0.25) is 0 Å². The summed E-state index contributed by atoms with van der Waals surface area (Å²) in [7, 11) is -2.25. The normalized spacial score (nSPS) is 13.9. The zero-order valence-electron chi connectivity index (χ0n) is 22.2. The van der Waals surface area contributed by atoms with Crippen molar-refractivity contribution in [3.63, 3.8) is 0 Å². The lowest BCUT2D eigenvalue weighted by atomic mass is 10.00. The van der Waals surface area contributed by atoms with E-state index in [2.05, 4.69) is 5.32 Å². The lowest BCUT2D eigenvalue weighted by molar-refractivity contribution is -0.131. The third kappa shape index (κ3) is 6.29. The van der Waals surface area contributed by atoms with E-state index in [0.29, 0.717) is 35.0 Å². The zero-order chi connectivity index (χ0) is 28.3. The van der Waals surface area contributed by atoms with Crippen LogP contribution in [0.5, 0.6) is 0 Å². The maximum atomic E-state index is 15.0. The highest BCUT2D eigenvalue weighted by Crippen LogP contribution is 2.27. The van der Waals surface area contributed by atoms with Crippen molar-refractivity contribution in [2.45, 2.75) is 50.6 Å². The molecule has 0 bridgehead atoms. The Balaban J connectivity index is 1.82. The Morgan fingerprint density at radius 2 is 1.84 bits per heavy atom. The molecule has 0 saturated heterocycles. The second-order valence-corrected chi connectivity index (χ2v) is 12.6. The fourth-order valence-corrected chi connectivity index (χ4v) is 4.88. The summed E-state index contributed by atoms with van der Waals surface area (Å²) in [6.45, 7) is 6.14. The van der Waals surface area contributed by atoms with E-state index in [-0.39, 0.29) is 29.9 Å². The molecule has 3 rings (SSSR count). The quantitative estimate of drug-likeness (QED) is 0.249. The minimum Gasteiger partial charge on any atom is -0.377 e. The predicted octanol–water partition coefficient (Wildman–Crippen LogP) is 3.02. The Kier molecular flexibility index (Phi) is 8.77. The van der Waals surface area contributed by atoms with Crippen molar-refractivity contribution >= 4 is 26.5 Å². The number of carbonyl (C=O) groups is 1. The highest BCUT2D eigenvalue weighted by atomic mass is 32.2. The molecule has 38 heavy (non-hydrogen) atoms. The largest absolute Gasteiger partial charge is 0.377 e. The Morgan fingerprint density at radius 1 is 1.13 bits per heavy atom. The van der Waals surface area contributed by atoms with Gasteiger partial charge in [-0.1, -0.05) is 18.2 Å². The van der Waals surface area contributed by atoms with Crippen molar-refractivity contribution < 1.29 is 27.5 Å². The molecule has 3 N–H and O–H groups in total. The molecule has 3 aromatic rings. The van der Waals surface area contributed by atoms with Gasteiger partial charge in [0.2, 0.25) is 0 Å². The topological polar surface area (TPSA) is 127 Å². The van der Waals surface area contributed by atoms with Crippen molar-refractivity contribution in [1.29, 1.82) is 0 Å². The maximum Gasteiger partial charge on any atom is 0.264 e. The van der Waals surface area contributed by atoms with Gasteiger partial charge in [-0.2, -0.15) is 0 Å². The molecule has 1 aromatic heterocycles. The predicted molar refractivity (Wildman–Crippen MR) is 144 cm³/mol. The monoisotopic (exact) mass is 547 g/mol. The molecule has 206 valence electrons.